The summed E-state index contributed by atoms with van der Waals surface area (Å²) in [4.78, 5) is 14.1. The molecule has 2 rings (SSSR count). The number of carbonyl (C=O) groups is 1. The van der Waals surface area contributed by atoms with Crippen molar-refractivity contribution in [3.63, 3.8) is 0 Å². The molecule has 10 heteroatoms. The summed E-state index contributed by atoms with van der Waals surface area (Å²) in [6.07, 6.45) is -2.45. The summed E-state index contributed by atoms with van der Waals surface area (Å²) in [6, 6.07) is 3.14. The third-order valence-corrected chi connectivity index (χ3v) is 5.56. The van der Waals surface area contributed by atoms with Crippen LogP contribution in [0.3, 0.4) is 0 Å². The average molecular weight is 393 g/mol. The molecule has 1 unspecified atom stereocenters. The number of anilines is 2. The molecule has 0 radical (unpaired) electrons. The van der Waals surface area contributed by atoms with Gasteiger partial charge < -0.3 is 10.2 Å². The molecule has 0 aromatic heterocycles. The van der Waals surface area contributed by atoms with Crippen molar-refractivity contribution >= 4 is 27.3 Å². The van der Waals surface area contributed by atoms with Crippen LogP contribution in [0, 0.1) is 5.92 Å². The number of amides is 1. The molecular formula is C16H22F3N3O3S. The fourth-order valence-corrected chi connectivity index (χ4v) is 3.81. The molecule has 1 atom stereocenters. The second-order valence-electron chi connectivity index (χ2n) is 6.57. The van der Waals surface area contributed by atoms with Crippen molar-refractivity contribution in [1.82, 2.24) is 4.31 Å². The first-order valence-corrected chi connectivity index (χ1v) is 9.89. The molecule has 0 spiro atoms. The van der Waals surface area contributed by atoms with E-state index >= 15 is 0 Å². The fraction of sp³-hybridized carbons (Fsp3) is 0.562. The number of hydrogen-bond acceptors (Lipinski definition) is 4. The van der Waals surface area contributed by atoms with E-state index in [9.17, 15) is 26.4 Å². The Hall–Kier alpha value is -1.81. The van der Waals surface area contributed by atoms with E-state index in [2.05, 4.69) is 5.32 Å². The molecule has 1 amide bonds. The topological polar surface area (TPSA) is 69.7 Å². The second kappa shape index (κ2) is 7.43. The minimum absolute atomic E-state index is 0.0287. The van der Waals surface area contributed by atoms with Gasteiger partial charge in [-0.1, -0.05) is 0 Å². The Labute approximate surface area is 151 Å². The smallest absolute Gasteiger partial charge is 0.376 e. The van der Waals surface area contributed by atoms with E-state index in [1.807, 2.05) is 0 Å². The van der Waals surface area contributed by atoms with Crippen molar-refractivity contribution in [2.24, 2.45) is 5.92 Å². The Morgan fingerprint density at radius 2 is 1.96 bits per heavy atom. The van der Waals surface area contributed by atoms with Crippen molar-refractivity contribution in [2.45, 2.75) is 19.0 Å². The van der Waals surface area contributed by atoms with E-state index in [1.165, 1.54) is 10.4 Å². The summed E-state index contributed by atoms with van der Waals surface area (Å²) in [6.45, 7) is 0.371. The third kappa shape index (κ3) is 4.88. The highest BCUT2D eigenvalue weighted by molar-refractivity contribution is 7.88. The van der Waals surface area contributed by atoms with E-state index in [-0.39, 0.29) is 12.2 Å². The van der Waals surface area contributed by atoms with Crippen molar-refractivity contribution in [2.75, 3.05) is 43.7 Å². The number of nitrogens with zero attached hydrogens (tertiary/aromatic N) is 2. The maximum absolute atomic E-state index is 13.0. The molecule has 6 nitrogen and oxygen atoms in total. The molecule has 1 saturated heterocycles. The average Bonchev–Trinajstić information content (AvgIpc) is 2.53. The molecular weight excluding hydrogens is 371 g/mol. The number of benzene rings is 1. The maximum Gasteiger partial charge on any atom is 0.416 e. The number of nitrogens with one attached hydrogen (secondary N) is 1. The fourth-order valence-electron chi connectivity index (χ4n) is 2.89. The molecule has 1 heterocycles. The number of sulfonamides is 1. The number of hydrogen-bond donors (Lipinski definition) is 1. The summed E-state index contributed by atoms with van der Waals surface area (Å²) >= 11 is 0. The van der Waals surface area contributed by atoms with Gasteiger partial charge in [0.1, 0.15) is 0 Å². The van der Waals surface area contributed by atoms with Crippen LogP contribution in [0.4, 0.5) is 24.5 Å². The quantitative estimate of drug-likeness (QED) is 0.853. The molecule has 1 N–H and O–H groups in total. The zero-order valence-corrected chi connectivity index (χ0v) is 15.6. The number of rotatable bonds is 4. The third-order valence-electron chi connectivity index (χ3n) is 4.29. The molecule has 0 saturated carbocycles. The molecule has 1 aromatic carbocycles. The van der Waals surface area contributed by atoms with E-state index in [1.54, 1.807) is 19.0 Å². The molecule has 0 aliphatic carbocycles. The van der Waals surface area contributed by atoms with Gasteiger partial charge in [0.2, 0.25) is 15.9 Å². The first-order chi connectivity index (χ1) is 11.9. The lowest BCUT2D eigenvalue weighted by Crippen LogP contribution is -2.43. The van der Waals surface area contributed by atoms with Crippen LogP contribution in [0.5, 0.6) is 0 Å². The first-order valence-electron chi connectivity index (χ1n) is 8.04. The van der Waals surface area contributed by atoms with Crippen molar-refractivity contribution in [3.8, 4) is 0 Å². The summed E-state index contributed by atoms with van der Waals surface area (Å²) < 4.78 is 63.5. The van der Waals surface area contributed by atoms with Gasteiger partial charge in [0.15, 0.2) is 0 Å². The second-order valence-corrected chi connectivity index (χ2v) is 8.56. The van der Waals surface area contributed by atoms with Crippen LogP contribution in [0.2, 0.25) is 0 Å². The maximum atomic E-state index is 13.0. The molecule has 0 bridgehead atoms. The van der Waals surface area contributed by atoms with Crippen molar-refractivity contribution in [1.29, 1.82) is 0 Å². The van der Waals surface area contributed by atoms with Crippen LogP contribution in [0.15, 0.2) is 18.2 Å². The first kappa shape index (κ1) is 20.5. The molecule has 1 aliphatic heterocycles. The van der Waals surface area contributed by atoms with Crippen LogP contribution in [0.25, 0.3) is 0 Å². The normalized spacial score (nSPS) is 19.2. The number of piperidine rings is 1. The lowest BCUT2D eigenvalue weighted by Gasteiger charge is -2.30. The van der Waals surface area contributed by atoms with Gasteiger partial charge in [-0.3, -0.25) is 4.79 Å². The van der Waals surface area contributed by atoms with Gasteiger partial charge in [-0.25, -0.2) is 12.7 Å². The molecule has 146 valence electrons. The summed E-state index contributed by atoms with van der Waals surface area (Å²) in [5, 5.41) is 2.54. The summed E-state index contributed by atoms with van der Waals surface area (Å²) in [5.41, 5.74) is -0.381. The van der Waals surface area contributed by atoms with Gasteiger partial charge >= 0.3 is 6.18 Å². The Morgan fingerprint density at radius 1 is 1.31 bits per heavy atom. The minimum atomic E-state index is -4.53. The summed E-state index contributed by atoms with van der Waals surface area (Å²) in [7, 11) is -0.103. The van der Waals surface area contributed by atoms with Gasteiger partial charge in [-0.05, 0) is 31.0 Å². The monoisotopic (exact) mass is 393 g/mol. The number of alkyl halides is 3. The Morgan fingerprint density at radius 3 is 2.50 bits per heavy atom. The van der Waals surface area contributed by atoms with E-state index in [0.717, 1.165) is 18.4 Å². The number of carbonyl (C=O) groups excluding carboxylic acids is 1. The number of halogens is 3. The summed E-state index contributed by atoms with van der Waals surface area (Å²) in [5.74, 6) is -1.09. The van der Waals surface area contributed by atoms with Crippen LogP contribution in [-0.2, 0) is 21.0 Å². The van der Waals surface area contributed by atoms with E-state index < -0.39 is 33.6 Å². The molecule has 1 fully saturated rings. The standard InChI is InChI=1S/C16H22F3N3O3S/c1-21(2)14-7-6-12(16(17,18)19)9-13(14)20-15(23)11-5-4-8-22(10-11)26(3,24)25/h6-7,9,11H,4-5,8,10H2,1-3H3,(H,20,23). The predicted molar refractivity (Wildman–Crippen MR) is 93.5 cm³/mol. The van der Waals surface area contributed by atoms with Gasteiger partial charge in [0, 0.05) is 27.2 Å². The predicted octanol–water partition coefficient (Wildman–Crippen LogP) is 2.38. The Kier molecular flexibility index (Phi) is 5.86. The Balaban J connectivity index is 2.24. The molecule has 26 heavy (non-hydrogen) atoms. The highest BCUT2D eigenvalue weighted by Crippen LogP contribution is 2.35. The van der Waals surface area contributed by atoms with E-state index in [4.69, 9.17) is 0 Å². The van der Waals surface area contributed by atoms with Gasteiger partial charge in [-0.2, -0.15) is 13.2 Å². The van der Waals surface area contributed by atoms with Crippen molar-refractivity contribution in [3.05, 3.63) is 23.8 Å². The lowest BCUT2D eigenvalue weighted by molar-refractivity contribution is -0.137. The SMILES string of the molecule is CN(C)c1ccc(C(F)(F)F)cc1NC(=O)C1CCCN(S(C)(=O)=O)C1. The van der Waals surface area contributed by atoms with Gasteiger partial charge in [0.25, 0.3) is 0 Å². The Bertz CT molecular complexity index is 779. The van der Waals surface area contributed by atoms with Gasteiger partial charge in [0.05, 0.1) is 29.1 Å². The van der Waals surface area contributed by atoms with Crippen LogP contribution < -0.4 is 10.2 Å². The van der Waals surface area contributed by atoms with Gasteiger partial charge in [-0.15, -0.1) is 0 Å². The van der Waals surface area contributed by atoms with Crippen LogP contribution in [0.1, 0.15) is 18.4 Å². The minimum Gasteiger partial charge on any atom is -0.376 e. The zero-order chi connectivity index (χ0) is 19.7. The lowest BCUT2D eigenvalue weighted by atomic mass is 9.98. The zero-order valence-electron chi connectivity index (χ0n) is 14.8. The van der Waals surface area contributed by atoms with E-state index in [0.29, 0.717) is 25.1 Å². The van der Waals surface area contributed by atoms with Crippen LogP contribution >= 0.6 is 0 Å². The molecule has 1 aliphatic rings. The molecule has 1 aromatic rings. The highest BCUT2D eigenvalue weighted by atomic mass is 32.2. The van der Waals surface area contributed by atoms with Crippen LogP contribution in [-0.4, -0.2) is 52.1 Å². The van der Waals surface area contributed by atoms with Crippen molar-refractivity contribution < 1.29 is 26.4 Å². The highest BCUT2D eigenvalue weighted by Gasteiger charge is 2.33. The largest absolute Gasteiger partial charge is 0.416 e.